The van der Waals surface area contributed by atoms with Crippen LogP contribution in [-0.4, -0.2) is 27.5 Å². The van der Waals surface area contributed by atoms with Gasteiger partial charge in [0.25, 0.3) is 0 Å². The first-order chi connectivity index (χ1) is 16.2. The Morgan fingerprint density at radius 1 is 0.970 bits per heavy atom. The summed E-state index contributed by atoms with van der Waals surface area (Å²) in [5, 5.41) is 0.894. The zero-order valence-corrected chi connectivity index (χ0v) is 20.9. The van der Waals surface area contributed by atoms with Crippen molar-refractivity contribution in [1.29, 1.82) is 0 Å². The molecule has 1 saturated carbocycles. The van der Waals surface area contributed by atoms with Crippen molar-refractivity contribution in [2.24, 2.45) is 11.8 Å². The summed E-state index contributed by atoms with van der Waals surface area (Å²) in [5.41, 5.74) is 2.86. The van der Waals surface area contributed by atoms with Crippen LogP contribution < -0.4 is 4.46 Å². The molecule has 2 nitrogen and oxygen atoms in total. The molecular formula is C30H32O2Se. The molecule has 170 valence electrons. The molecule has 0 bridgehead atoms. The quantitative estimate of drug-likeness (QED) is 0.184. The van der Waals surface area contributed by atoms with Crippen molar-refractivity contribution in [1.82, 2.24) is 0 Å². The predicted molar refractivity (Wildman–Crippen MR) is 137 cm³/mol. The van der Waals surface area contributed by atoms with Crippen LogP contribution in [0.25, 0.3) is 0 Å². The van der Waals surface area contributed by atoms with Crippen molar-refractivity contribution in [3.63, 3.8) is 0 Å². The number of benzene rings is 3. The van der Waals surface area contributed by atoms with Gasteiger partial charge in [-0.2, -0.15) is 0 Å². The van der Waals surface area contributed by atoms with Gasteiger partial charge in [0.15, 0.2) is 0 Å². The van der Waals surface area contributed by atoms with E-state index >= 15 is 0 Å². The summed E-state index contributed by atoms with van der Waals surface area (Å²) in [4.78, 5) is 12.5. The Balaban J connectivity index is 1.39. The zero-order chi connectivity index (χ0) is 22.9. The SMILES string of the molecule is CCOC(=O)C(CC/C=C/C1CC1(c1ccccc1)c1ccccc1)C[Se]c1ccccc1. The summed E-state index contributed by atoms with van der Waals surface area (Å²) in [7, 11) is 0. The molecular weight excluding hydrogens is 471 g/mol. The van der Waals surface area contributed by atoms with Crippen molar-refractivity contribution in [2.45, 2.75) is 36.9 Å². The molecule has 1 aliphatic rings. The van der Waals surface area contributed by atoms with E-state index in [-0.39, 0.29) is 32.3 Å². The van der Waals surface area contributed by atoms with Crippen molar-refractivity contribution in [3.05, 3.63) is 114 Å². The van der Waals surface area contributed by atoms with Crippen LogP contribution in [0.1, 0.15) is 37.3 Å². The van der Waals surface area contributed by atoms with Gasteiger partial charge in [-0.05, 0) is 0 Å². The molecule has 1 aliphatic carbocycles. The maximum absolute atomic E-state index is 12.5. The Bertz CT molecular complexity index is 991. The van der Waals surface area contributed by atoms with Gasteiger partial charge in [0.2, 0.25) is 0 Å². The van der Waals surface area contributed by atoms with E-state index in [1.807, 2.05) is 13.0 Å². The topological polar surface area (TPSA) is 26.3 Å². The summed E-state index contributed by atoms with van der Waals surface area (Å²) < 4.78 is 6.72. The monoisotopic (exact) mass is 504 g/mol. The summed E-state index contributed by atoms with van der Waals surface area (Å²) >= 11 is 0.286. The number of carbonyl (C=O) groups excluding carboxylic acids is 1. The van der Waals surface area contributed by atoms with Crippen LogP contribution in [0.2, 0.25) is 5.32 Å². The Hall–Kier alpha value is -2.61. The van der Waals surface area contributed by atoms with E-state index < -0.39 is 0 Å². The van der Waals surface area contributed by atoms with Gasteiger partial charge < -0.3 is 0 Å². The molecule has 3 aromatic rings. The average molecular weight is 504 g/mol. The second kappa shape index (κ2) is 11.5. The number of hydrogen-bond acceptors (Lipinski definition) is 2. The van der Waals surface area contributed by atoms with Gasteiger partial charge in [-0.15, -0.1) is 0 Å². The van der Waals surface area contributed by atoms with Crippen molar-refractivity contribution in [2.75, 3.05) is 6.61 Å². The van der Waals surface area contributed by atoms with E-state index in [2.05, 4.69) is 97.1 Å². The number of hydrogen-bond donors (Lipinski definition) is 0. The number of rotatable bonds is 11. The number of carbonyl (C=O) groups is 1. The zero-order valence-electron chi connectivity index (χ0n) is 19.2. The fourth-order valence-electron chi connectivity index (χ4n) is 4.62. The number of ether oxygens (including phenoxy) is 1. The van der Waals surface area contributed by atoms with Crippen LogP contribution in [0.3, 0.4) is 0 Å². The van der Waals surface area contributed by atoms with Gasteiger partial charge in [0.1, 0.15) is 0 Å². The first-order valence-corrected chi connectivity index (χ1v) is 13.9. The molecule has 0 aromatic heterocycles. The molecule has 0 heterocycles. The van der Waals surface area contributed by atoms with Crippen molar-refractivity contribution >= 4 is 25.4 Å². The van der Waals surface area contributed by atoms with Crippen LogP contribution in [0, 0.1) is 11.8 Å². The third-order valence-electron chi connectivity index (χ3n) is 6.46. The molecule has 3 aromatic carbocycles. The maximum atomic E-state index is 12.5. The first kappa shape index (κ1) is 23.5. The fourth-order valence-corrected chi connectivity index (χ4v) is 6.82. The minimum atomic E-state index is -0.0435. The molecule has 0 aliphatic heterocycles. The van der Waals surface area contributed by atoms with E-state index in [1.165, 1.54) is 15.6 Å². The molecule has 0 spiro atoms. The standard InChI is InChI=1S/C30H32O2Se/c1-2-32-29(31)24(23-33-28-20-10-5-11-21-28)14-12-13-19-27-22-30(27,25-15-6-3-7-16-25)26-17-8-4-9-18-26/h3-11,13,15-21,24,27H,2,12,14,22-23H2,1H3/b19-13+. The molecule has 4 rings (SSSR count). The molecule has 2 unspecified atom stereocenters. The van der Waals surface area contributed by atoms with Crippen LogP contribution in [-0.2, 0) is 14.9 Å². The van der Waals surface area contributed by atoms with Gasteiger partial charge in [0, 0.05) is 0 Å². The minimum absolute atomic E-state index is 0.0259. The summed E-state index contributed by atoms with van der Waals surface area (Å²) in [6.07, 6.45) is 7.56. The van der Waals surface area contributed by atoms with Gasteiger partial charge in [0.05, 0.1) is 0 Å². The van der Waals surface area contributed by atoms with Crippen molar-refractivity contribution in [3.8, 4) is 0 Å². The van der Waals surface area contributed by atoms with Gasteiger partial charge in [-0.1, -0.05) is 0 Å². The summed E-state index contributed by atoms with van der Waals surface area (Å²) in [5.74, 6) is 0.428. The van der Waals surface area contributed by atoms with Crippen molar-refractivity contribution < 1.29 is 9.53 Å². The van der Waals surface area contributed by atoms with Crippen LogP contribution in [0.4, 0.5) is 0 Å². The molecule has 1 fully saturated rings. The molecule has 0 radical (unpaired) electrons. The fraction of sp³-hybridized carbons (Fsp3) is 0.300. The Labute approximate surface area is 204 Å². The van der Waals surface area contributed by atoms with E-state index in [9.17, 15) is 4.79 Å². The third-order valence-corrected chi connectivity index (χ3v) is 8.92. The second-order valence-electron chi connectivity index (χ2n) is 8.59. The van der Waals surface area contributed by atoms with Crippen LogP contribution >= 0.6 is 0 Å². The molecule has 0 amide bonds. The van der Waals surface area contributed by atoms with Crippen LogP contribution in [0.15, 0.2) is 103 Å². The van der Waals surface area contributed by atoms with E-state index in [0.29, 0.717) is 12.5 Å². The number of esters is 1. The summed E-state index contributed by atoms with van der Waals surface area (Å²) in [6.45, 7) is 2.33. The average Bonchev–Trinajstić information content (AvgIpc) is 3.61. The Morgan fingerprint density at radius 2 is 1.55 bits per heavy atom. The molecule has 0 saturated heterocycles. The van der Waals surface area contributed by atoms with Crippen LogP contribution in [0.5, 0.6) is 0 Å². The predicted octanol–water partition coefficient (Wildman–Crippen LogP) is 5.96. The number of allylic oxidation sites excluding steroid dienone is 2. The Morgan fingerprint density at radius 3 is 2.12 bits per heavy atom. The Kier molecular flexibility index (Phi) is 8.20. The first-order valence-electron chi connectivity index (χ1n) is 11.9. The van der Waals surface area contributed by atoms with Gasteiger partial charge in [-0.3, -0.25) is 0 Å². The molecule has 0 N–H and O–H groups in total. The normalized spacial score (nSPS) is 17.5. The van der Waals surface area contributed by atoms with E-state index in [4.69, 9.17) is 4.74 Å². The van der Waals surface area contributed by atoms with E-state index in [1.54, 1.807) is 0 Å². The van der Waals surface area contributed by atoms with Gasteiger partial charge in [-0.25, -0.2) is 0 Å². The molecule has 3 heteroatoms. The third kappa shape index (κ3) is 5.85. The van der Waals surface area contributed by atoms with E-state index in [0.717, 1.165) is 24.6 Å². The van der Waals surface area contributed by atoms with Gasteiger partial charge >= 0.3 is 205 Å². The molecule has 2 atom stereocenters. The summed E-state index contributed by atoms with van der Waals surface area (Å²) in [6, 6.07) is 32.2. The molecule has 33 heavy (non-hydrogen) atoms. The second-order valence-corrected chi connectivity index (χ2v) is 10.9.